The lowest BCUT2D eigenvalue weighted by atomic mass is 10.0. The van der Waals surface area contributed by atoms with E-state index in [4.69, 9.17) is 5.11 Å². The highest BCUT2D eigenvalue weighted by molar-refractivity contribution is 5.91. The highest BCUT2D eigenvalue weighted by atomic mass is 19.1. The summed E-state index contributed by atoms with van der Waals surface area (Å²) in [6, 6.07) is 5.21. The third kappa shape index (κ3) is 4.87. The number of amides is 2. The number of halogens is 1. The molecule has 2 N–H and O–H groups in total. The van der Waals surface area contributed by atoms with Crippen molar-refractivity contribution in [2.45, 2.75) is 19.8 Å². The van der Waals surface area contributed by atoms with Gasteiger partial charge in [-0.05, 0) is 30.2 Å². The van der Waals surface area contributed by atoms with E-state index in [1.54, 1.807) is 7.05 Å². The molecule has 0 heterocycles. The van der Waals surface area contributed by atoms with Crippen LogP contribution in [0.15, 0.2) is 24.3 Å². The van der Waals surface area contributed by atoms with Crippen molar-refractivity contribution in [1.82, 2.24) is 5.32 Å². The van der Waals surface area contributed by atoms with Crippen molar-refractivity contribution >= 4 is 17.7 Å². The molecule has 0 aliphatic heterocycles. The van der Waals surface area contributed by atoms with Gasteiger partial charge in [-0.2, -0.15) is 0 Å². The van der Waals surface area contributed by atoms with E-state index in [9.17, 15) is 14.0 Å². The molecule has 1 aromatic carbocycles. The van der Waals surface area contributed by atoms with Gasteiger partial charge in [0.15, 0.2) is 0 Å². The minimum atomic E-state index is -0.877. The predicted octanol–water partition coefficient (Wildman–Crippen LogP) is 2.47. The first-order valence-electron chi connectivity index (χ1n) is 6.43. The van der Waals surface area contributed by atoms with Crippen molar-refractivity contribution in [1.29, 1.82) is 0 Å². The molecule has 0 radical (unpaired) electrons. The van der Waals surface area contributed by atoms with E-state index in [2.05, 4.69) is 5.32 Å². The molecular formula is C14H19FN2O3. The molecule has 0 aliphatic carbocycles. The van der Waals surface area contributed by atoms with E-state index in [0.29, 0.717) is 18.7 Å². The van der Waals surface area contributed by atoms with Gasteiger partial charge in [-0.3, -0.25) is 9.69 Å². The third-order valence-corrected chi connectivity index (χ3v) is 3.10. The van der Waals surface area contributed by atoms with E-state index in [1.807, 2.05) is 6.92 Å². The van der Waals surface area contributed by atoms with Gasteiger partial charge in [0.05, 0.1) is 0 Å². The smallest absolute Gasteiger partial charge is 0.321 e. The molecule has 0 bridgehead atoms. The van der Waals surface area contributed by atoms with Gasteiger partial charge in [-0.25, -0.2) is 9.18 Å². The Kier molecular flexibility index (Phi) is 5.96. The minimum Gasteiger partial charge on any atom is -0.481 e. The molecule has 110 valence electrons. The Hall–Kier alpha value is -2.11. The molecule has 1 unspecified atom stereocenters. The summed E-state index contributed by atoms with van der Waals surface area (Å²) in [5.41, 5.74) is 0.565. The maximum atomic E-state index is 12.8. The number of carbonyl (C=O) groups is 2. The topological polar surface area (TPSA) is 69.6 Å². The van der Waals surface area contributed by atoms with Crippen molar-refractivity contribution in [3.8, 4) is 0 Å². The summed E-state index contributed by atoms with van der Waals surface area (Å²) in [4.78, 5) is 23.9. The van der Waals surface area contributed by atoms with Gasteiger partial charge in [0, 0.05) is 25.7 Å². The number of nitrogens with zero attached hydrogens (tertiary/aromatic N) is 1. The number of carboxylic acids is 1. The molecule has 0 saturated heterocycles. The average molecular weight is 282 g/mol. The second kappa shape index (κ2) is 7.47. The Morgan fingerprint density at radius 2 is 1.95 bits per heavy atom. The Labute approximate surface area is 117 Å². The number of nitrogens with one attached hydrogen (secondary N) is 1. The number of carboxylic acid groups (broad SMARTS) is 1. The largest absolute Gasteiger partial charge is 0.481 e. The van der Waals surface area contributed by atoms with Crippen LogP contribution in [0.1, 0.15) is 19.8 Å². The standard InChI is InChI=1S/C14H19FN2O3/c1-3-10(8-13(18)19)9-16-14(20)17(2)12-6-4-11(15)5-7-12/h4-7,10H,3,8-9H2,1-2H3,(H,16,20)(H,18,19). The van der Waals surface area contributed by atoms with Crippen LogP contribution in [-0.2, 0) is 4.79 Å². The van der Waals surface area contributed by atoms with Crippen molar-refractivity contribution in [3.05, 3.63) is 30.1 Å². The highest BCUT2D eigenvalue weighted by Gasteiger charge is 2.15. The first-order chi connectivity index (χ1) is 9.43. The monoisotopic (exact) mass is 282 g/mol. The van der Waals surface area contributed by atoms with Gasteiger partial charge in [-0.15, -0.1) is 0 Å². The van der Waals surface area contributed by atoms with E-state index in [0.717, 1.165) is 0 Å². The van der Waals surface area contributed by atoms with E-state index in [-0.39, 0.29) is 24.2 Å². The van der Waals surface area contributed by atoms with Gasteiger partial charge in [0.2, 0.25) is 0 Å². The zero-order valence-electron chi connectivity index (χ0n) is 11.6. The van der Waals surface area contributed by atoms with Crippen LogP contribution in [0.2, 0.25) is 0 Å². The highest BCUT2D eigenvalue weighted by Crippen LogP contribution is 2.13. The second-order valence-electron chi connectivity index (χ2n) is 4.59. The number of urea groups is 1. The fourth-order valence-corrected chi connectivity index (χ4v) is 1.74. The minimum absolute atomic E-state index is 0.0248. The Bertz CT molecular complexity index is 462. The van der Waals surface area contributed by atoms with Crippen LogP contribution in [-0.4, -0.2) is 30.7 Å². The quantitative estimate of drug-likeness (QED) is 0.842. The number of hydrogen-bond donors (Lipinski definition) is 2. The van der Waals surface area contributed by atoms with Crippen molar-refractivity contribution < 1.29 is 19.1 Å². The molecule has 1 rings (SSSR count). The Balaban J connectivity index is 2.53. The normalized spacial score (nSPS) is 11.8. The molecule has 1 atom stereocenters. The molecule has 1 aromatic rings. The molecular weight excluding hydrogens is 263 g/mol. The number of hydrogen-bond acceptors (Lipinski definition) is 2. The summed E-state index contributed by atoms with van der Waals surface area (Å²) < 4.78 is 12.8. The van der Waals surface area contributed by atoms with Gasteiger partial charge < -0.3 is 10.4 Å². The molecule has 2 amide bonds. The molecule has 0 spiro atoms. The van der Waals surface area contributed by atoms with Gasteiger partial charge >= 0.3 is 12.0 Å². The first kappa shape index (κ1) is 15.9. The fourth-order valence-electron chi connectivity index (χ4n) is 1.74. The van der Waals surface area contributed by atoms with E-state index < -0.39 is 5.97 Å². The lowest BCUT2D eigenvalue weighted by molar-refractivity contribution is -0.138. The summed E-state index contributed by atoms with van der Waals surface area (Å²) in [6.07, 6.45) is 0.698. The maximum absolute atomic E-state index is 12.8. The fraction of sp³-hybridized carbons (Fsp3) is 0.429. The molecule has 0 aromatic heterocycles. The number of rotatable bonds is 6. The summed E-state index contributed by atoms with van der Waals surface area (Å²) >= 11 is 0. The zero-order chi connectivity index (χ0) is 15.1. The van der Waals surface area contributed by atoms with Crippen LogP contribution in [0.5, 0.6) is 0 Å². The van der Waals surface area contributed by atoms with Crippen molar-refractivity contribution in [2.24, 2.45) is 5.92 Å². The number of anilines is 1. The van der Waals surface area contributed by atoms with Crippen LogP contribution < -0.4 is 10.2 Å². The second-order valence-corrected chi connectivity index (χ2v) is 4.59. The van der Waals surface area contributed by atoms with Crippen LogP contribution >= 0.6 is 0 Å². The van der Waals surface area contributed by atoms with Crippen LogP contribution in [0.4, 0.5) is 14.9 Å². The SMILES string of the molecule is CCC(CNC(=O)N(C)c1ccc(F)cc1)CC(=O)O. The van der Waals surface area contributed by atoms with Crippen LogP contribution in [0.25, 0.3) is 0 Å². The number of carbonyl (C=O) groups excluding carboxylic acids is 1. The average Bonchev–Trinajstić information content (AvgIpc) is 2.42. The predicted molar refractivity (Wildman–Crippen MR) is 74.2 cm³/mol. The lowest BCUT2D eigenvalue weighted by Crippen LogP contribution is -2.40. The summed E-state index contributed by atoms with van der Waals surface area (Å²) in [5.74, 6) is -1.34. The zero-order valence-corrected chi connectivity index (χ0v) is 11.6. The summed E-state index contributed by atoms with van der Waals surface area (Å²) in [6.45, 7) is 2.18. The van der Waals surface area contributed by atoms with Crippen molar-refractivity contribution in [2.75, 3.05) is 18.5 Å². The maximum Gasteiger partial charge on any atom is 0.321 e. The molecule has 6 heteroatoms. The van der Waals surface area contributed by atoms with Crippen molar-refractivity contribution in [3.63, 3.8) is 0 Å². The van der Waals surface area contributed by atoms with Gasteiger partial charge in [0.25, 0.3) is 0 Å². The molecule has 0 saturated carbocycles. The lowest BCUT2D eigenvalue weighted by Gasteiger charge is -2.20. The number of benzene rings is 1. The number of aliphatic carboxylic acids is 1. The van der Waals surface area contributed by atoms with Gasteiger partial charge in [-0.1, -0.05) is 13.3 Å². The third-order valence-electron chi connectivity index (χ3n) is 3.10. The molecule has 20 heavy (non-hydrogen) atoms. The first-order valence-corrected chi connectivity index (χ1v) is 6.43. The van der Waals surface area contributed by atoms with Gasteiger partial charge in [0.1, 0.15) is 5.82 Å². The Morgan fingerprint density at radius 1 is 1.35 bits per heavy atom. The molecule has 0 fully saturated rings. The van der Waals surface area contributed by atoms with E-state index >= 15 is 0 Å². The summed E-state index contributed by atoms with van der Waals surface area (Å²) in [5, 5.41) is 11.4. The molecule has 0 aliphatic rings. The summed E-state index contributed by atoms with van der Waals surface area (Å²) in [7, 11) is 1.57. The van der Waals surface area contributed by atoms with E-state index in [1.165, 1.54) is 29.2 Å². The van der Waals surface area contributed by atoms with Crippen LogP contribution in [0, 0.1) is 11.7 Å². The molecule has 5 nitrogen and oxygen atoms in total. The Morgan fingerprint density at radius 3 is 2.45 bits per heavy atom. The van der Waals surface area contributed by atoms with Crippen LogP contribution in [0.3, 0.4) is 0 Å².